The number of ether oxygens (including phenoxy) is 2. The fourth-order valence-corrected chi connectivity index (χ4v) is 3.96. The lowest BCUT2D eigenvalue weighted by Crippen LogP contribution is -2.40. The Morgan fingerprint density at radius 1 is 1.13 bits per heavy atom. The van der Waals surface area contributed by atoms with Gasteiger partial charge in [-0.15, -0.1) is 0 Å². The third kappa shape index (κ3) is 5.98. The summed E-state index contributed by atoms with van der Waals surface area (Å²) in [6, 6.07) is 16.4. The molecule has 2 heterocycles. The molecule has 2 N–H and O–H groups in total. The molecule has 7 heteroatoms. The second kappa shape index (κ2) is 10.3. The quantitative estimate of drug-likeness (QED) is 0.678. The average Bonchev–Trinajstić information content (AvgIpc) is 3.45. The van der Waals surface area contributed by atoms with Crippen LogP contribution in [0.5, 0.6) is 5.75 Å². The number of benzene rings is 2. The van der Waals surface area contributed by atoms with Gasteiger partial charge < -0.3 is 25.0 Å². The summed E-state index contributed by atoms with van der Waals surface area (Å²) in [6.07, 6.45) is 3.73. The molecule has 2 aromatic rings. The van der Waals surface area contributed by atoms with Gasteiger partial charge in [-0.25, -0.2) is 4.79 Å². The zero-order valence-electron chi connectivity index (χ0n) is 17.6. The number of amides is 3. The molecule has 2 atom stereocenters. The molecule has 3 amide bonds. The molecule has 164 valence electrons. The van der Waals surface area contributed by atoms with Crippen molar-refractivity contribution < 1.29 is 19.1 Å². The lowest BCUT2D eigenvalue weighted by atomic mass is 10.1. The molecule has 0 spiro atoms. The van der Waals surface area contributed by atoms with E-state index in [2.05, 4.69) is 10.6 Å². The molecule has 2 aliphatic heterocycles. The van der Waals surface area contributed by atoms with E-state index in [1.54, 1.807) is 0 Å². The second-order valence-corrected chi connectivity index (χ2v) is 7.98. The van der Waals surface area contributed by atoms with Gasteiger partial charge in [-0.2, -0.15) is 0 Å². The molecule has 2 fully saturated rings. The number of likely N-dealkylation sites (tertiary alicyclic amines) is 1. The minimum Gasteiger partial charge on any atom is -0.491 e. The molecule has 4 rings (SSSR count). The number of carbonyl (C=O) groups excluding carboxylic acids is 2. The number of nitrogens with zero attached hydrogens (tertiary/aromatic N) is 1. The minimum absolute atomic E-state index is 0.140. The van der Waals surface area contributed by atoms with Gasteiger partial charge in [0, 0.05) is 31.8 Å². The molecule has 0 bridgehead atoms. The molecule has 2 saturated heterocycles. The van der Waals surface area contributed by atoms with Gasteiger partial charge in [0.15, 0.2) is 0 Å². The Morgan fingerprint density at radius 3 is 2.61 bits per heavy atom. The Balaban J connectivity index is 1.33. The lowest BCUT2D eigenvalue weighted by molar-refractivity contribution is -0.128. The number of urea groups is 1. The Labute approximate surface area is 182 Å². The van der Waals surface area contributed by atoms with Crippen LogP contribution in [0.1, 0.15) is 37.3 Å². The van der Waals surface area contributed by atoms with Gasteiger partial charge in [0.05, 0.1) is 12.1 Å². The van der Waals surface area contributed by atoms with Crippen molar-refractivity contribution in [2.24, 2.45) is 0 Å². The summed E-state index contributed by atoms with van der Waals surface area (Å²) >= 11 is 0. The van der Waals surface area contributed by atoms with Gasteiger partial charge in [0.2, 0.25) is 5.91 Å². The first-order valence-electron chi connectivity index (χ1n) is 10.9. The third-order valence-corrected chi connectivity index (χ3v) is 5.65. The van der Waals surface area contributed by atoms with Crippen LogP contribution in [0.4, 0.5) is 10.5 Å². The van der Waals surface area contributed by atoms with E-state index in [-0.39, 0.29) is 24.1 Å². The molecular formula is C24H29N3O4. The maximum absolute atomic E-state index is 12.7. The normalized spacial score (nSPS) is 19.3. The number of rotatable bonds is 8. The fraction of sp³-hybridized carbons (Fsp3) is 0.417. The van der Waals surface area contributed by atoms with Crippen molar-refractivity contribution in [3.8, 4) is 5.75 Å². The van der Waals surface area contributed by atoms with E-state index in [4.69, 9.17) is 9.47 Å². The summed E-state index contributed by atoms with van der Waals surface area (Å²) in [5.74, 6) is 0.887. The molecule has 0 radical (unpaired) electrons. The highest BCUT2D eigenvalue weighted by atomic mass is 16.5. The van der Waals surface area contributed by atoms with Gasteiger partial charge in [0.1, 0.15) is 12.4 Å². The van der Waals surface area contributed by atoms with E-state index in [9.17, 15) is 9.59 Å². The van der Waals surface area contributed by atoms with Gasteiger partial charge in [0.25, 0.3) is 0 Å². The van der Waals surface area contributed by atoms with Crippen molar-refractivity contribution in [3.63, 3.8) is 0 Å². The molecule has 31 heavy (non-hydrogen) atoms. The van der Waals surface area contributed by atoms with E-state index in [0.717, 1.165) is 43.7 Å². The highest BCUT2D eigenvalue weighted by Crippen LogP contribution is 2.20. The molecule has 0 aromatic heterocycles. The summed E-state index contributed by atoms with van der Waals surface area (Å²) in [4.78, 5) is 26.5. The Morgan fingerprint density at radius 2 is 1.94 bits per heavy atom. The van der Waals surface area contributed by atoms with Crippen molar-refractivity contribution in [3.05, 3.63) is 60.2 Å². The van der Waals surface area contributed by atoms with E-state index in [1.165, 1.54) is 0 Å². The number of hydrogen-bond acceptors (Lipinski definition) is 4. The number of hydrogen-bond donors (Lipinski definition) is 2. The van der Waals surface area contributed by atoms with Crippen LogP contribution >= 0.6 is 0 Å². The van der Waals surface area contributed by atoms with Crippen LogP contribution in [-0.2, 0) is 9.53 Å². The zero-order valence-corrected chi connectivity index (χ0v) is 17.6. The number of carbonyl (C=O) groups is 2. The van der Waals surface area contributed by atoms with Crippen LogP contribution in [0.25, 0.3) is 0 Å². The highest BCUT2D eigenvalue weighted by Gasteiger charge is 2.25. The van der Waals surface area contributed by atoms with E-state index >= 15 is 0 Å². The molecular weight excluding hydrogens is 394 g/mol. The maximum Gasteiger partial charge on any atom is 0.319 e. The Kier molecular flexibility index (Phi) is 7.04. The molecule has 2 aliphatic rings. The third-order valence-electron chi connectivity index (χ3n) is 5.65. The van der Waals surface area contributed by atoms with Gasteiger partial charge >= 0.3 is 6.03 Å². The SMILES string of the molecule is O=C(Nc1ccc(OCC2CCCO2)cc1)NC(CN1CCCC1=O)c1ccccc1. The first-order chi connectivity index (χ1) is 15.2. The second-order valence-electron chi connectivity index (χ2n) is 7.98. The van der Waals surface area contributed by atoms with Crippen molar-refractivity contribution >= 4 is 17.6 Å². The topological polar surface area (TPSA) is 79.9 Å². The molecule has 2 aromatic carbocycles. The number of anilines is 1. The van der Waals surface area contributed by atoms with Crippen LogP contribution in [0, 0.1) is 0 Å². The first kappa shape index (κ1) is 21.2. The zero-order chi connectivity index (χ0) is 21.5. The van der Waals surface area contributed by atoms with Crippen LogP contribution in [0.2, 0.25) is 0 Å². The summed E-state index contributed by atoms with van der Waals surface area (Å²) in [5, 5.41) is 5.88. The summed E-state index contributed by atoms with van der Waals surface area (Å²) in [5.41, 5.74) is 1.64. The molecule has 0 saturated carbocycles. The summed E-state index contributed by atoms with van der Waals surface area (Å²) < 4.78 is 11.3. The predicted octanol–water partition coefficient (Wildman–Crippen LogP) is 3.73. The largest absolute Gasteiger partial charge is 0.491 e. The van der Waals surface area contributed by atoms with Crippen LogP contribution in [0.15, 0.2) is 54.6 Å². The summed E-state index contributed by atoms with van der Waals surface area (Å²) in [7, 11) is 0. The number of nitrogens with one attached hydrogen (secondary N) is 2. The smallest absolute Gasteiger partial charge is 0.319 e. The molecule has 2 unspecified atom stereocenters. The van der Waals surface area contributed by atoms with Gasteiger partial charge in [-0.05, 0) is 49.1 Å². The van der Waals surface area contributed by atoms with Gasteiger partial charge in [-0.3, -0.25) is 4.79 Å². The fourth-order valence-electron chi connectivity index (χ4n) is 3.96. The van der Waals surface area contributed by atoms with Crippen molar-refractivity contribution in [2.45, 2.75) is 37.8 Å². The van der Waals surface area contributed by atoms with Crippen molar-refractivity contribution in [1.29, 1.82) is 0 Å². The van der Waals surface area contributed by atoms with Crippen LogP contribution in [0.3, 0.4) is 0 Å². The molecule has 0 aliphatic carbocycles. The maximum atomic E-state index is 12.7. The minimum atomic E-state index is -0.312. The lowest BCUT2D eigenvalue weighted by Gasteiger charge is -2.25. The van der Waals surface area contributed by atoms with Crippen molar-refractivity contribution in [1.82, 2.24) is 10.2 Å². The van der Waals surface area contributed by atoms with E-state index in [0.29, 0.717) is 25.3 Å². The van der Waals surface area contributed by atoms with Gasteiger partial charge in [-0.1, -0.05) is 30.3 Å². The van der Waals surface area contributed by atoms with E-state index < -0.39 is 0 Å². The average molecular weight is 424 g/mol. The predicted molar refractivity (Wildman–Crippen MR) is 118 cm³/mol. The monoisotopic (exact) mass is 423 g/mol. The Hall–Kier alpha value is -3.06. The van der Waals surface area contributed by atoms with Crippen LogP contribution in [-0.4, -0.2) is 49.2 Å². The van der Waals surface area contributed by atoms with E-state index in [1.807, 2.05) is 59.5 Å². The van der Waals surface area contributed by atoms with Crippen molar-refractivity contribution in [2.75, 3.05) is 31.6 Å². The standard InChI is InChI=1S/C24H29N3O4/c28-23-9-4-14-27(23)16-22(18-6-2-1-3-7-18)26-24(29)25-19-10-12-20(13-11-19)31-17-21-8-5-15-30-21/h1-3,6-7,10-13,21-22H,4-5,8-9,14-17H2,(H2,25,26,29). The molecule has 7 nitrogen and oxygen atoms in total. The van der Waals surface area contributed by atoms with Crippen LogP contribution < -0.4 is 15.4 Å². The highest BCUT2D eigenvalue weighted by molar-refractivity contribution is 5.89. The first-order valence-corrected chi connectivity index (χ1v) is 10.9. The summed E-state index contributed by atoms with van der Waals surface area (Å²) in [6.45, 7) is 2.55. The Bertz CT molecular complexity index is 866.